The summed E-state index contributed by atoms with van der Waals surface area (Å²) in [6, 6.07) is 8.83. The predicted octanol–water partition coefficient (Wildman–Crippen LogP) is -0.400. The molecule has 3 aromatic heterocycles. The molecule has 17 heteroatoms. The van der Waals surface area contributed by atoms with Crippen LogP contribution in [0.2, 0.25) is 0 Å². The van der Waals surface area contributed by atoms with Gasteiger partial charge < -0.3 is 15.8 Å². The minimum Gasteiger partial charge on any atom is -0.390 e. The van der Waals surface area contributed by atoms with E-state index in [0.29, 0.717) is 11.3 Å². The molecule has 4 rings (SSSR count). The topological polar surface area (TPSA) is 224 Å². The quantitative estimate of drug-likeness (QED) is 0.213. The molecular weight excluding hydrogens is 426 g/mol. The summed E-state index contributed by atoms with van der Waals surface area (Å²) in [5.41, 5.74) is 9.27. The summed E-state index contributed by atoms with van der Waals surface area (Å²) in [5, 5.41) is 40.1. The van der Waals surface area contributed by atoms with Gasteiger partial charge in [-0.25, -0.2) is 10.1 Å². The number of rotatable bonds is 7. The highest BCUT2D eigenvalue weighted by Crippen LogP contribution is 2.26. The van der Waals surface area contributed by atoms with E-state index in [4.69, 9.17) is 5.73 Å². The Bertz CT molecular complexity index is 1310. The van der Waals surface area contributed by atoms with Crippen LogP contribution in [0.3, 0.4) is 0 Å². The number of aromatic nitrogens is 9. The average Bonchev–Trinajstić information content (AvgIpc) is 3.52. The van der Waals surface area contributed by atoms with Gasteiger partial charge >= 0.3 is 5.95 Å². The van der Waals surface area contributed by atoms with Crippen molar-refractivity contribution in [2.45, 2.75) is 13.5 Å². The maximum Gasteiger partial charge on any atom is 0.514 e. The fourth-order valence-electron chi connectivity index (χ4n) is 2.59. The standard InChI is InChI=1S/C15H13N13O4/c1-8(7-26-21-15(20-24-26)28(30)31)17-19-14(29)10-11(9-5-3-2-4-6-9)27(25-18-10)13-12(16)22-32-23-13/h2-6H,7H2,1H3,(H2,16,22)(H,19,29)/b17-8+. The van der Waals surface area contributed by atoms with E-state index < -0.39 is 16.8 Å². The van der Waals surface area contributed by atoms with E-state index in [2.05, 4.69) is 51.2 Å². The molecule has 0 radical (unpaired) electrons. The number of hydrogen-bond acceptors (Lipinski definition) is 13. The van der Waals surface area contributed by atoms with Crippen LogP contribution >= 0.6 is 0 Å². The summed E-state index contributed by atoms with van der Waals surface area (Å²) in [5.74, 6) is -1.30. The van der Waals surface area contributed by atoms with Gasteiger partial charge in [-0.3, -0.25) is 4.79 Å². The average molecular weight is 439 g/mol. The van der Waals surface area contributed by atoms with Crippen LogP contribution in [-0.4, -0.2) is 62.1 Å². The smallest absolute Gasteiger partial charge is 0.390 e. The molecule has 0 aliphatic carbocycles. The maximum absolute atomic E-state index is 12.8. The molecule has 17 nitrogen and oxygen atoms in total. The number of anilines is 1. The van der Waals surface area contributed by atoms with Crippen LogP contribution in [0.1, 0.15) is 17.4 Å². The first kappa shape index (κ1) is 20.2. The molecule has 0 unspecified atom stereocenters. The van der Waals surface area contributed by atoms with Gasteiger partial charge in [0.1, 0.15) is 12.2 Å². The van der Waals surface area contributed by atoms with Crippen molar-refractivity contribution in [3.05, 3.63) is 46.1 Å². The van der Waals surface area contributed by atoms with Crippen molar-refractivity contribution in [3.8, 4) is 17.1 Å². The normalized spacial score (nSPS) is 11.5. The summed E-state index contributed by atoms with van der Waals surface area (Å²) >= 11 is 0. The predicted molar refractivity (Wildman–Crippen MR) is 104 cm³/mol. The molecule has 0 aliphatic heterocycles. The molecule has 0 bridgehead atoms. The molecule has 3 N–H and O–H groups in total. The molecule has 4 aromatic rings. The van der Waals surface area contributed by atoms with Crippen LogP contribution in [0, 0.1) is 10.1 Å². The molecule has 0 spiro atoms. The Kier molecular flexibility index (Phi) is 5.26. The van der Waals surface area contributed by atoms with Gasteiger partial charge in [0.2, 0.25) is 11.6 Å². The lowest BCUT2D eigenvalue weighted by molar-refractivity contribution is -0.394. The Morgan fingerprint density at radius 3 is 2.69 bits per heavy atom. The lowest BCUT2D eigenvalue weighted by Crippen LogP contribution is -2.22. The molecular formula is C15H13N13O4. The van der Waals surface area contributed by atoms with Crippen LogP contribution in [0.25, 0.3) is 17.1 Å². The van der Waals surface area contributed by atoms with Crippen LogP contribution in [0.5, 0.6) is 0 Å². The second-order valence-electron chi connectivity index (χ2n) is 6.20. The van der Waals surface area contributed by atoms with Gasteiger partial charge in [0, 0.05) is 10.8 Å². The van der Waals surface area contributed by atoms with Gasteiger partial charge in [-0.15, -0.1) is 5.10 Å². The molecule has 0 saturated carbocycles. The third kappa shape index (κ3) is 3.97. The Hall–Kier alpha value is -5.09. The minimum atomic E-state index is -0.774. The third-order valence-corrected chi connectivity index (χ3v) is 3.95. The fraction of sp³-hybridized carbons (Fsp3) is 0.133. The van der Waals surface area contributed by atoms with Gasteiger partial charge in [-0.05, 0) is 22.2 Å². The van der Waals surface area contributed by atoms with E-state index >= 15 is 0 Å². The number of hydrazone groups is 1. The lowest BCUT2D eigenvalue weighted by atomic mass is 10.1. The second kappa shape index (κ2) is 8.34. The summed E-state index contributed by atoms with van der Waals surface area (Å²) in [4.78, 5) is 23.6. The molecule has 1 aromatic carbocycles. The van der Waals surface area contributed by atoms with E-state index in [9.17, 15) is 14.9 Å². The zero-order valence-corrected chi connectivity index (χ0v) is 16.2. The molecule has 0 fully saturated rings. The van der Waals surface area contributed by atoms with Crippen molar-refractivity contribution in [1.82, 2.24) is 50.9 Å². The van der Waals surface area contributed by atoms with E-state index in [1.54, 1.807) is 37.3 Å². The number of amides is 1. The molecule has 32 heavy (non-hydrogen) atoms. The molecule has 3 heterocycles. The van der Waals surface area contributed by atoms with Crippen molar-refractivity contribution in [1.29, 1.82) is 0 Å². The van der Waals surface area contributed by atoms with E-state index in [0.717, 1.165) is 4.80 Å². The van der Waals surface area contributed by atoms with Gasteiger partial charge in [-0.2, -0.15) is 9.78 Å². The minimum absolute atomic E-state index is 0.0395. The first-order valence-electron chi connectivity index (χ1n) is 8.79. The van der Waals surface area contributed by atoms with Crippen molar-refractivity contribution in [2.24, 2.45) is 5.10 Å². The number of carbonyl (C=O) groups excluding carboxylic acids is 1. The Labute approximate surface area is 177 Å². The van der Waals surface area contributed by atoms with E-state index in [-0.39, 0.29) is 29.6 Å². The first-order valence-corrected chi connectivity index (χ1v) is 8.79. The molecule has 0 atom stereocenters. The van der Waals surface area contributed by atoms with Gasteiger partial charge in [0.05, 0.1) is 15.9 Å². The van der Waals surface area contributed by atoms with Crippen LogP contribution in [-0.2, 0) is 6.54 Å². The summed E-state index contributed by atoms with van der Waals surface area (Å²) in [7, 11) is 0. The highest BCUT2D eigenvalue weighted by atomic mass is 16.6. The first-order chi connectivity index (χ1) is 15.4. The second-order valence-corrected chi connectivity index (χ2v) is 6.20. The van der Waals surface area contributed by atoms with Gasteiger partial charge in [-0.1, -0.05) is 40.3 Å². The molecule has 1 amide bonds. The number of carbonyl (C=O) groups is 1. The number of nitro groups is 1. The third-order valence-electron chi connectivity index (χ3n) is 3.95. The Morgan fingerprint density at radius 1 is 1.25 bits per heavy atom. The van der Waals surface area contributed by atoms with Gasteiger partial charge in [0.15, 0.2) is 5.69 Å². The van der Waals surface area contributed by atoms with Crippen LogP contribution < -0.4 is 11.2 Å². The van der Waals surface area contributed by atoms with Crippen molar-refractivity contribution < 1.29 is 14.3 Å². The maximum atomic E-state index is 12.8. The zero-order chi connectivity index (χ0) is 22.7. The largest absolute Gasteiger partial charge is 0.514 e. The number of hydrogen-bond donors (Lipinski definition) is 2. The number of tetrazole rings is 1. The highest BCUT2D eigenvalue weighted by Gasteiger charge is 2.25. The van der Waals surface area contributed by atoms with Gasteiger partial charge in [0.25, 0.3) is 5.91 Å². The number of nitrogens with two attached hydrogens (primary N) is 1. The summed E-state index contributed by atoms with van der Waals surface area (Å²) in [6.07, 6.45) is 0. The molecule has 0 saturated heterocycles. The monoisotopic (exact) mass is 439 g/mol. The SMILES string of the molecule is C/C(Cn1nnc([N+](=O)[O-])n1)=N\NC(=O)c1nnn(-c2nonc2N)c1-c1ccccc1. The highest BCUT2D eigenvalue weighted by molar-refractivity contribution is 5.99. The number of nitrogens with zero attached hydrogens (tertiary/aromatic N) is 11. The van der Waals surface area contributed by atoms with Crippen molar-refractivity contribution in [3.63, 3.8) is 0 Å². The number of benzene rings is 1. The Balaban J connectivity index is 1.59. The Morgan fingerprint density at radius 2 is 2.03 bits per heavy atom. The van der Waals surface area contributed by atoms with Crippen molar-refractivity contribution in [2.75, 3.05) is 5.73 Å². The summed E-state index contributed by atoms with van der Waals surface area (Å²) in [6.45, 7) is 1.52. The van der Waals surface area contributed by atoms with Crippen LogP contribution in [0.4, 0.5) is 11.8 Å². The van der Waals surface area contributed by atoms with E-state index in [1.165, 1.54) is 4.68 Å². The van der Waals surface area contributed by atoms with Crippen LogP contribution in [0.15, 0.2) is 40.1 Å². The number of nitrogen functional groups attached to an aromatic ring is 1. The molecule has 162 valence electrons. The summed E-state index contributed by atoms with van der Waals surface area (Å²) < 4.78 is 5.84. The van der Waals surface area contributed by atoms with Crippen molar-refractivity contribution >= 4 is 23.4 Å². The zero-order valence-electron chi connectivity index (χ0n) is 16.2. The van der Waals surface area contributed by atoms with E-state index in [1.807, 2.05) is 0 Å². The lowest BCUT2D eigenvalue weighted by Gasteiger charge is -2.05. The number of nitrogens with one attached hydrogen (secondary N) is 1. The fourth-order valence-corrected chi connectivity index (χ4v) is 2.59. The molecule has 0 aliphatic rings.